The van der Waals surface area contributed by atoms with Crippen molar-refractivity contribution in [3.05, 3.63) is 59.4 Å². The molecule has 1 amide bonds. The molecule has 0 bridgehead atoms. The fourth-order valence-corrected chi connectivity index (χ4v) is 3.39. The van der Waals surface area contributed by atoms with Crippen molar-refractivity contribution in [3.8, 4) is 0 Å². The number of hydrogen-bond acceptors (Lipinski definition) is 2. The highest BCUT2D eigenvalue weighted by Crippen LogP contribution is 2.35. The van der Waals surface area contributed by atoms with Crippen LogP contribution < -0.4 is 4.90 Å². The summed E-state index contributed by atoms with van der Waals surface area (Å²) in [4.78, 5) is 15.6. The summed E-state index contributed by atoms with van der Waals surface area (Å²) in [6.07, 6.45) is 0. The third kappa shape index (κ3) is 2.31. The van der Waals surface area contributed by atoms with E-state index in [2.05, 4.69) is 0 Å². The van der Waals surface area contributed by atoms with Gasteiger partial charge in [-0.3, -0.25) is 4.79 Å². The molecule has 0 saturated heterocycles. The Labute approximate surface area is 121 Å². The fourth-order valence-electron chi connectivity index (χ4n) is 2.39. The van der Waals surface area contributed by atoms with Crippen molar-refractivity contribution in [2.24, 2.45) is 0 Å². The minimum absolute atomic E-state index is 0.0600. The second kappa shape index (κ2) is 5.29. The number of aryl methyl sites for hydroxylation is 1. The van der Waals surface area contributed by atoms with Gasteiger partial charge in [0.2, 0.25) is 0 Å². The highest BCUT2D eigenvalue weighted by Gasteiger charge is 2.24. The second-order valence-electron chi connectivity index (χ2n) is 4.73. The number of halogens is 1. The molecule has 4 heteroatoms. The van der Waals surface area contributed by atoms with E-state index in [9.17, 15) is 9.18 Å². The van der Waals surface area contributed by atoms with Crippen LogP contribution in [-0.4, -0.2) is 18.2 Å². The van der Waals surface area contributed by atoms with Crippen molar-refractivity contribution in [1.82, 2.24) is 0 Å². The van der Waals surface area contributed by atoms with Gasteiger partial charge in [-0.25, -0.2) is 4.39 Å². The number of rotatable bonds is 1. The lowest BCUT2D eigenvalue weighted by Gasteiger charge is -2.29. The first kappa shape index (κ1) is 13.2. The molecule has 1 heterocycles. The van der Waals surface area contributed by atoms with Crippen LogP contribution in [0.1, 0.15) is 15.9 Å². The molecule has 3 rings (SSSR count). The molecule has 102 valence electrons. The van der Waals surface area contributed by atoms with Crippen LogP contribution in [-0.2, 0) is 0 Å². The van der Waals surface area contributed by atoms with Crippen LogP contribution >= 0.6 is 11.8 Å². The molecular formula is C16H14FNOS. The molecule has 1 aliphatic heterocycles. The van der Waals surface area contributed by atoms with Crippen LogP contribution in [0.2, 0.25) is 0 Å². The topological polar surface area (TPSA) is 20.3 Å². The van der Waals surface area contributed by atoms with E-state index in [4.69, 9.17) is 0 Å². The lowest BCUT2D eigenvalue weighted by molar-refractivity contribution is 0.0987. The molecule has 0 fully saturated rings. The Hall–Kier alpha value is -1.81. The quantitative estimate of drug-likeness (QED) is 0.793. The van der Waals surface area contributed by atoms with Gasteiger partial charge in [-0.05, 0) is 42.8 Å². The molecule has 2 nitrogen and oxygen atoms in total. The molecule has 0 aromatic heterocycles. The molecule has 0 N–H and O–H groups in total. The van der Waals surface area contributed by atoms with Gasteiger partial charge < -0.3 is 4.90 Å². The van der Waals surface area contributed by atoms with Crippen molar-refractivity contribution in [3.63, 3.8) is 0 Å². The number of carbonyl (C=O) groups excluding carboxylic acids is 1. The number of benzene rings is 2. The largest absolute Gasteiger partial charge is 0.306 e. The minimum Gasteiger partial charge on any atom is -0.306 e. The first-order valence-corrected chi connectivity index (χ1v) is 7.45. The summed E-state index contributed by atoms with van der Waals surface area (Å²) >= 11 is 1.76. The first-order valence-electron chi connectivity index (χ1n) is 6.46. The number of nitrogens with zero attached hydrogens (tertiary/aromatic N) is 1. The molecule has 0 spiro atoms. The van der Waals surface area contributed by atoms with Crippen molar-refractivity contribution >= 4 is 23.4 Å². The van der Waals surface area contributed by atoms with Crippen molar-refractivity contribution in [2.75, 3.05) is 17.2 Å². The van der Waals surface area contributed by atoms with E-state index >= 15 is 0 Å². The van der Waals surface area contributed by atoms with E-state index in [1.165, 1.54) is 12.1 Å². The van der Waals surface area contributed by atoms with E-state index in [0.29, 0.717) is 17.7 Å². The van der Waals surface area contributed by atoms with Crippen LogP contribution in [0.4, 0.5) is 10.1 Å². The number of anilines is 1. The highest BCUT2D eigenvalue weighted by atomic mass is 32.2. The Bertz CT molecular complexity index is 671. The summed E-state index contributed by atoms with van der Waals surface area (Å²) in [6.45, 7) is 2.44. The number of fused-ring (bicyclic) bond motifs is 1. The zero-order valence-corrected chi connectivity index (χ0v) is 11.9. The third-order valence-electron chi connectivity index (χ3n) is 3.39. The molecule has 0 radical (unpaired) electrons. The predicted octanol–water partition coefficient (Wildman–Crippen LogP) is 3.89. The standard InChI is InChI=1S/C16H14FNOS/c1-11-10-12(17)6-7-13(11)16(19)18-8-9-20-15-5-3-2-4-14(15)18/h2-7,10H,8-9H2,1H3. The summed E-state index contributed by atoms with van der Waals surface area (Å²) in [5, 5.41) is 0. The molecule has 0 atom stereocenters. The maximum Gasteiger partial charge on any atom is 0.258 e. The van der Waals surface area contributed by atoms with E-state index < -0.39 is 0 Å². The number of amides is 1. The maximum atomic E-state index is 13.2. The van der Waals surface area contributed by atoms with Crippen LogP contribution in [0.5, 0.6) is 0 Å². The van der Waals surface area contributed by atoms with Gasteiger partial charge in [0.05, 0.1) is 5.69 Å². The Morgan fingerprint density at radius 3 is 2.85 bits per heavy atom. The van der Waals surface area contributed by atoms with Crippen molar-refractivity contribution in [1.29, 1.82) is 0 Å². The van der Waals surface area contributed by atoms with Crippen LogP contribution in [0.3, 0.4) is 0 Å². The lowest BCUT2D eigenvalue weighted by Crippen LogP contribution is -2.35. The van der Waals surface area contributed by atoms with Gasteiger partial charge in [0.25, 0.3) is 5.91 Å². The first-order chi connectivity index (χ1) is 9.66. The number of thioether (sulfide) groups is 1. The maximum absolute atomic E-state index is 13.2. The zero-order chi connectivity index (χ0) is 14.1. The van der Waals surface area contributed by atoms with Crippen LogP contribution in [0.15, 0.2) is 47.4 Å². The molecule has 1 aliphatic rings. The van der Waals surface area contributed by atoms with Gasteiger partial charge in [0, 0.05) is 22.8 Å². The number of carbonyl (C=O) groups is 1. The summed E-state index contributed by atoms with van der Waals surface area (Å²) in [7, 11) is 0. The fraction of sp³-hybridized carbons (Fsp3) is 0.188. The lowest BCUT2D eigenvalue weighted by atomic mass is 10.1. The monoisotopic (exact) mass is 287 g/mol. The molecule has 0 aliphatic carbocycles. The predicted molar refractivity (Wildman–Crippen MR) is 80.0 cm³/mol. The minimum atomic E-state index is -0.311. The summed E-state index contributed by atoms with van der Waals surface area (Å²) < 4.78 is 13.2. The van der Waals surface area contributed by atoms with Crippen molar-refractivity contribution in [2.45, 2.75) is 11.8 Å². The van der Waals surface area contributed by atoms with Gasteiger partial charge in [-0.1, -0.05) is 12.1 Å². The Morgan fingerprint density at radius 2 is 2.05 bits per heavy atom. The van der Waals surface area contributed by atoms with Gasteiger partial charge >= 0.3 is 0 Å². The molecular weight excluding hydrogens is 273 g/mol. The van der Waals surface area contributed by atoms with Crippen molar-refractivity contribution < 1.29 is 9.18 Å². The second-order valence-corrected chi connectivity index (χ2v) is 5.87. The van der Waals surface area contributed by atoms with Gasteiger partial charge in [-0.2, -0.15) is 0 Å². The average Bonchev–Trinajstić information content (AvgIpc) is 2.46. The normalized spacial score (nSPS) is 14.0. The molecule has 2 aromatic carbocycles. The van der Waals surface area contributed by atoms with E-state index in [-0.39, 0.29) is 11.7 Å². The van der Waals surface area contributed by atoms with E-state index in [0.717, 1.165) is 16.3 Å². The summed E-state index contributed by atoms with van der Waals surface area (Å²) in [6, 6.07) is 12.2. The third-order valence-corrected chi connectivity index (χ3v) is 4.44. The highest BCUT2D eigenvalue weighted by molar-refractivity contribution is 7.99. The smallest absolute Gasteiger partial charge is 0.258 e. The van der Waals surface area contributed by atoms with Gasteiger partial charge in [-0.15, -0.1) is 11.8 Å². The number of hydrogen-bond donors (Lipinski definition) is 0. The molecule has 20 heavy (non-hydrogen) atoms. The van der Waals surface area contributed by atoms with Crippen LogP contribution in [0.25, 0.3) is 0 Å². The number of para-hydroxylation sites is 1. The van der Waals surface area contributed by atoms with E-state index in [1.807, 2.05) is 24.3 Å². The summed E-state index contributed by atoms with van der Waals surface area (Å²) in [5.41, 5.74) is 2.18. The Kier molecular flexibility index (Phi) is 3.49. The van der Waals surface area contributed by atoms with Gasteiger partial charge in [0.15, 0.2) is 0 Å². The summed E-state index contributed by atoms with van der Waals surface area (Å²) in [5.74, 6) is 0.507. The Morgan fingerprint density at radius 1 is 1.25 bits per heavy atom. The van der Waals surface area contributed by atoms with Gasteiger partial charge in [0.1, 0.15) is 5.82 Å². The molecule has 0 unspecified atom stereocenters. The van der Waals surface area contributed by atoms with E-state index in [1.54, 1.807) is 29.7 Å². The average molecular weight is 287 g/mol. The molecule has 0 saturated carbocycles. The van der Waals surface area contributed by atoms with Crippen LogP contribution in [0, 0.1) is 12.7 Å². The zero-order valence-electron chi connectivity index (χ0n) is 11.1. The Balaban J connectivity index is 2.00. The molecule has 2 aromatic rings. The SMILES string of the molecule is Cc1cc(F)ccc1C(=O)N1CCSc2ccccc21.